The topological polar surface area (TPSA) is 69.9 Å². The normalized spacial score (nSPS) is 15.0. The number of nitrogens with zero attached hydrogens (tertiary/aromatic N) is 2. The second-order valence-corrected chi connectivity index (χ2v) is 5.33. The molecule has 2 aromatic rings. The second-order valence-electron chi connectivity index (χ2n) is 4.47. The summed E-state index contributed by atoms with van der Waals surface area (Å²) in [6.07, 6.45) is 2.16. The van der Waals surface area contributed by atoms with Crippen molar-refractivity contribution in [3.05, 3.63) is 34.3 Å². The first-order chi connectivity index (χ1) is 8.58. The maximum atomic E-state index is 13.3. The van der Waals surface area contributed by atoms with Crippen LogP contribution >= 0.6 is 15.9 Å². The maximum absolute atomic E-state index is 13.3. The second kappa shape index (κ2) is 3.98. The van der Waals surface area contributed by atoms with E-state index in [-0.39, 0.29) is 5.82 Å². The lowest BCUT2D eigenvalue weighted by molar-refractivity contribution is 0.628. The first-order valence-corrected chi connectivity index (χ1v) is 6.46. The van der Waals surface area contributed by atoms with E-state index in [1.54, 1.807) is 6.07 Å². The number of rotatable bonds is 2. The van der Waals surface area contributed by atoms with Crippen molar-refractivity contribution in [1.29, 1.82) is 0 Å². The highest BCUT2D eigenvalue weighted by Crippen LogP contribution is 2.42. The van der Waals surface area contributed by atoms with Crippen LogP contribution in [0.1, 0.15) is 24.6 Å². The summed E-state index contributed by atoms with van der Waals surface area (Å²) in [5, 5.41) is 0. The van der Waals surface area contributed by atoms with Gasteiger partial charge in [-0.05, 0) is 31.0 Å². The van der Waals surface area contributed by atoms with Crippen LogP contribution in [0.15, 0.2) is 22.7 Å². The summed E-state index contributed by atoms with van der Waals surface area (Å²) in [7, 11) is 0. The molecule has 1 aliphatic carbocycles. The van der Waals surface area contributed by atoms with Gasteiger partial charge in [0.05, 0.1) is 0 Å². The van der Waals surface area contributed by atoms with Gasteiger partial charge in [0.2, 0.25) is 0 Å². The molecular formula is C12H12BrFN4. The first-order valence-electron chi connectivity index (χ1n) is 5.66. The Morgan fingerprint density at radius 2 is 2.11 bits per heavy atom. The third-order valence-electron chi connectivity index (χ3n) is 3.10. The average molecular weight is 311 g/mol. The molecule has 94 valence electrons. The molecule has 4 N–H and O–H groups in total. The highest BCUT2D eigenvalue weighted by atomic mass is 79.9. The molecule has 1 fully saturated rings. The van der Waals surface area contributed by atoms with Crippen molar-refractivity contribution in [3.8, 4) is 11.3 Å². The Labute approximate surface area is 112 Å². The van der Waals surface area contributed by atoms with Crippen LogP contribution in [-0.2, 0) is 0 Å². The van der Waals surface area contributed by atoms with E-state index in [1.165, 1.54) is 16.8 Å². The predicted molar refractivity (Wildman–Crippen MR) is 71.9 cm³/mol. The minimum Gasteiger partial charge on any atom is -0.382 e. The lowest BCUT2D eigenvalue weighted by atomic mass is 10.1. The molecule has 0 radical (unpaired) electrons. The molecule has 1 aromatic heterocycles. The number of anilines is 1. The standard InChI is InChI=1S/C12H12BrFN4/c13-9-4-3-7(14)5-8(9)10-11(15)18(16)12(17-10)6-1-2-6/h3-6H,1-2,15-16H2. The van der Waals surface area contributed by atoms with Crippen LogP contribution in [0.2, 0.25) is 0 Å². The van der Waals surface area contributed by atoms with Crippen molar-refractivity contribution < 1.29 is 4.39 Å². The molecule has 0 atom stereocenters. The van der Waals surface area contributed by atoms with E-state index in [2.05, 4.69) is 20.9 Å². The van der Waals surface area contributed by atoms with Crippen LogP contribution in [0.4, 0.5) is 10.2 Å². The fraction of sp³-hybridized carbons (Fsp3) is 0.250. The van der Waals surface area contributed by atoms with Gasteiger partial charge >= 0.3 is 0 Å². The number of halogens is 2. The molecule has 1 aromatic carbocycles. The minimum atomic E-state index is -0.327. The molecule has 0 aliphatic heterocycles. The van der Waals surface area contributed by atoms with Gasteiger partial charge in [-0.25, -0.2) is 14.1 Å². The van der Waals surface area contributed by atoms with Crippen molar-refractivity contribution >= 4 is 21.7 Å². The van der Waals surface area contributed by atoms with Gasteiger partial charge in [0.15, 0.2) is 5.82 Å². The zero-order valence-corrected chi connectivity index (χ0v) is 11.1. The van der Waals surface area contributed by atoms with Crippen LogP contribution in [-0.4, -0.2) is 9.66 Å². The Kier molecular flexibility index (Phi) is 2.55. The summed E-state index contributed by atoms with van der Waals surface area (Å²) in [6, 6.07) is 4.42. The smallest absolute Gasteiger partial charge is 0.150 e. The van der Waals surface area contributed by atoms with Crippen LogP contribution in [0.3, 0.4) is 0 Å². The molecule has 0 amide bonds. The number of nitrogens with two attached hydrogens (primary N) is 2. The van der Waals surface area contributed by atoms with Crippen molar-refractivity contribution in [1.82, 2.24) is 9.66 Å². The van der Waals surface area contributed by atoms with Crippen LogP contribution < -0.4 is 11.6 Å². The molecule has 0 bridgehead atoms. The van der Waals surface area contributed by atoms with Gasteiger partial charge in [-0.15, -0.1) is 0 Å². The zero-order valence-electron chi connectivity index (χ0n) is 9.53. The van der Waals surface area contributed by atoms with Crippen molar-refractivity contribution in [2.75, 3.05) is 11.6 Å². The van der Waals surface area contributed by atoms with Crippen molar-refractivity contribution in [2.45, 2.75) is 18.8 Å². The SMILES string of the molecule is Nc1c(-c2cc(F)ccc2Br)nc(C2CC2)n1N. The zero-order chi connectivity index (χ0) is 12.9. The Balaban J connectivity index is 2.16. The molecule has 3 rings (SSSR count). The molecule has 18 heavy (non-hydrogen) atoms. The van der Waals surface area contributed by atoms with E-state index in [4.69, 9.17) is 11.6 Å². The van der Waals surface area contributed by atoms with Crippen LogP contribution in [0, 0.1) is 5.82 Å². The Morgan fingerprint density at radius 1 is 1.39 bits per heavy atom. The molecule has 0 spiro atoms. The van der Waals surface area contributed by atoms with E-state index in [0.717, 1.165) is 23.1 Å². The summed E-state index contributed by atoms with van der Waals surface area (Å²) >= 11 is 3.38. The molecule has 1 saturated carbocycles. The van der Waals surface area contributed by atoms with Crippen LogP contribution in [0.5, 0.6) is 0 Å². The molecular weight excluding hydrogens is 299 g/mol. The fourth-order valence-corrected chi connectivity index (χ4v) is 2.40. The lowest BCUT2D eigenvalue weighted by Gasteiger charge is -2.03. The first kappa shape index (κ1) is 11.5. The number of hydrogen-bond donors (Lipinski definition) is 2. The van der Waals surface area contributed by atoms with Gasteiger partial charge in [-0.3, -0.25) is 0 Å². The van der Waals surface area contributed by atoms with E-state index in [1.807, 2.05) is 0 Å². The van der Waals surface area contributed by atoms with Gasteiger partial charge in [0.25, 0.3) is 0 Å². The number of benzene rings is 1. The van der Waals surface area contributed by atoms with E-state index < -0.39 is 0 Å². The minimum absolute atomic E-state index is 0.327. The van der Waals surface area contributed by atoms with Crippen molar-refractivity contribution in [3.63, 3.8) is 0 Å². The van der Waals surface area contributed by atoms with Gasteiger partial charge in [0.1, 0.15) is 17.3 Å². The molecule has 0 saturated heterocycles. The molecule has 1 aliphatic rings. The fourth-order valence-electron chi connectivity index (χ4n) is 1.97. The third-order valence-corrected chi connectivity index (χ3v) is 3.79. The Bertz CT molecular complexity index is 619. The number of hydrogen-bond acceptors (Lipinski definition) is 3. The van der Waals surface area contributed by atoms with E-state index in [9.17, 15) is 4.39 Å². The van der Waals surface area contributed by atoms with Gasteiger partial charge in [0, 0.05) is 16.0 Å². The highest BCUT2D eigenvalue weighted by molar-refractivity contribution is 9.10. The van der Waals surface area contributed by atoms with Gasteiger partial charge in [-0.1, -0.05) is 15.9 Å². The highest BCUT2D eigenvalue weighted by Gasteiger charge is 2.30. The Hall–Kier alpha value is -1.56. The molecule has 1 heterocycles. The summed E-state index contributed by atoms with van der Waals surface area (Å²) in [4.78, 5) is 4.46. The van der Waals surface area contributed by atoms with E-state index in [0.29, 0.717) is 23.0 Å². The summed E-state index contributed by atoms with van der Waals surface area (Å²) in [6.45, 7) is 0. The van der Waals surface area contributed by atoms with Gasteiger partial charge in [-0.2, -0.15) is 0 Å². The van der Waals surface area contributed by atoms with Crippen molar-refractivity contribution in [2.24, 2.45) is 0 Å². The molecule has 6 heteroatoms. The summed E-state index contributed by atoms with van der Waals surface area (Å²) in [5.74, 6) is 7.09. The summed E-state index contributed by atoms with van der Waals surface area (Å²) in [5.41, 5.74) is 7.11. The monoisotopic (exact) mass is 310 g/mol. The number of aromatic nitrogens is 2. The third kappa shape index (κ3) is 1.77. The quantitative estimate of drug-likeness (QED) is 0.838. The van der Waals surface area contributed by atoms with Gasteiger partial charge < -0.3 is 11.6 Å². The van der Waals surface area contributed by atoms with E-state index >= 15 is 0 Å². The average Bonchev–Trinajstić information content (AvgIpc) is 3.13. The maximum Gasteiger partial charge on any atom is 0.150 e. The molecule has 0 unspecified atom stereocenters. The lowest BCUT2D eigenvalue weighted by Crippen LogP contribution is -2.14. The van der Waals surface area contributed by atoms with Crippen LogP contribution in [0.25, 0.3) is 11.3 Å². The number of imidazole rings is 1. The number of nitrogen functional groups attached to an aromatic ring is 2. The predicted octanol–water partition coefficient (Wildman–Crippen LogP) is 2.63. The summed E-state index contributed by atoms with van der Waals surface area (Å²) < 4.78 is 15.5. The Morgan fingerprint density at radius 3 is 2.78 bits per heavy atom. The molecule has 4 nitrogen and oxygen atoms in total. The largest absolute Gasteiger partial charge is 0.382 e.